The van der Waals surface area contributed by atoms with Gasteiger partial charge in [0.2, 0.25) is 5.91 Å². The molecule has 0 aliphatic carbocycles. The van der Waals surface area contributed by atoms with Crippen molar-refractivity contribution in [2.45, 2.75) is 25.5 Å². The molecule has 0 radical (unpaired) electrons. The second-order valence-corrected chi connectivity index (χ2v) is 7.55. The summed E-state index contributed by atoms with van der Waals surface area (Å²) in [5, 5.41) is 3.08. The smallest absolute Gasteiger partial charge is 0.267 e. The number of aromatic amines is 1. The van der Waals surface area contributed by atoms with Gasteiger partial charge < -0.3 is 15.0 Å². The van der Waals surface area contributed by atoms with E-state index < -0.39 is 0 Å². The van der Waals surface area contributed by atoms with Gasteiger partial charge in [0, 0.05) is 23.7 Å². The average molecular weight is 421 g/mol. The van der Waals surface area contributed by atoms with Gasteiger partial charge in [-0.05, 0) is 41.8 Å². The third kappa shape index (κ3) is 4.81. The third-order valence-corrected chi connectivity index (χ3v) is 5.26. The quantitative estimate of drug-likeness (QED) is 0.624. The van der Waals surface area contributed by atoms with Crippen LogP contribution in [0.4, 0.5) is 0 Å². The van der Waals surface area contributed by atoms with Gasteiger partial charge in [0.05, 0.1) is 0 Å². The van der Waals surface area contributed by atoms with Gasteiger partial charge >= 0.3 is 0 Å². The SMILES string of the molecule is O=C1CC[C@H](/C=C(\c2ccc(OCc3ccccc3)cc2)c2ccc(Cl)c(=O)[nH]2)N1. The molecule has 1 aliphatic heterocycles. The van der Waals surface area contributed by atoms with Crippen molar-refractivity contribution in [3.05, 3.63) is 105 Å². The number of carbonyl (C=O) groups is 1. The highest BCUT2D eigenvalue weighted by molar-refractivity contribution is 6.30. The molecular weight excluding hydrogens is 400 g/mol. The van der Waals surface area contributed by atoms with Crippen molar-refractivity contribution in [1.82, 2.24) is 10.3 Å². The molecule has 5 nitrogen and oxygen atoms in total. The molecule has 1 fully saturated rings. The van der Waals surface area contributed by atoms with Crippen LogP contribution in [0.25, 0.3) is 5.57 Å². The number of hydrogen-bond donors (Lipinski definition) is 2. The highest BCUT2D eigenvalue weighted by atomic mass is 35.5. The summed E-state index contributed by atoms with van der Waals surface area (Å²) in [6.07, 6.45) is 3.19. The van der Waals surface area contributed by atoms with E-state index in [0.717, 1.165) is 28.9 Å². The molecule has 0 spiro atoms. The number of halogens is 1. The van der Waals surface area contributed by atoms with E-state index in [1.165, 1.54) is 0 Å². The van der Waals surface area contributed by atoms with Crippen molar-refractivity contribution in [3.63, 3.8) is 0 Å². The Labute approximate surface area is 179 Å². The minimum absolute atomic E-state index is 0.0323. The molecule has 30 heavy (non-hydrogen) atoms. The number of amides is 1. The number of aromatic nitrogens is 1. The van der Waals surface area contributed by atoms with Crippen LogP contribution in [0, 0.1) is 0 Å². The maximum Gasteiger partial charge on any atom is 0.267 e. The number of H-pyrrole nitrogens is 1. The average Bonchev–Trinajstić information content (AvgIpc) is 3.18. The minimum Gasteiger partial charge on any atom is -0.489 e. The Hall–Kier alpha value is -3.31. The van der Waals surface area contributed by atoms with Gasteiger partial charge in [-0.1, -0.05) is 60.1 Å². The fourth-order valence-corrected chi connectivity index (χ4v) is 3.50. The summed E-state index contributed by atoms with van der Waals surface area (Å²) in [6.45, 7) is 0.488. The number of carbonyl (C=O) groups excluding carboxylic acids is 1. The van der Waals surface area contributed by atoms with E-state index in [4.69, 9.17) is 16.3 Å². The topological polar surface area (TPSA) is 71.2 Å². The number of pyridine rings is 1. The first-order chi connectivity index (χ1) is 14.6. The molecule has 0 saturated carbocycles. The first-order valence-corrected chi connectivity index (χ1v) is 10.1. The van der Waals surface area contributed by atoms with Gasteiger partial charge in [-0.2, -0.15) is 0 Å². The van der Waals surface area contributed by atoms with E-state index in [-0.39, 0.29) is 22.5 Å². The lowest BCUT2D eigenvalue weighted by molar-refractivity contribution is -0.119. The first kappa shape index (κ1) is 20.0. The first-order valence-electron chi connectivity index (χ1n) is 9.76. The highest BCUT2D eigenvalue weighted by Gasteiger charge is 2.20. The summed E-state index contributed by atoms with van der Waals surface area (Å²) in [7, 11) is 0. The summed E-state index contributed by atoms with van der Waals surface area (Å²) in [6, 6.07) is 20.9. The zero-order valence-corrected chi connectivity index (χ0v) is 17.0. The van der Waals surface area contributed by atoms with E-state index >= 15 is 0 Å². The van der Waals surface area contributed by atoms with Crippen LogP contribution >= 0.6 is 11.6 Å². The van der Waals surface area contributed by atoms with E-state index in [0.29, 0.717) is 18.7 Å². The van der Waals surface area contributed by atoms with Gasteiger partial charge in [0.15, 0.2) is 0 Å². The predicted octanol–water partition coefficient (Wildman–Crippen LogP) is 4.32. The molecular formula is C24H21ClN2O3. The highest BCUT2D eigenvalue weighted by Crippen LogP contribution is 2.26. The molecule has 1 atom stereocenters. The fourth-order valence-electron chi connectivity index (χ4n) is 3.39. The van der Waals surface area contributed by atoms with Crippen LogP contribution in [0.2, 0.25) is 5.02 Å². The van der Waals surface area contributed by atoms with Crippen molar-refractivity contribution < 1.29 is 9.53 Å². The van der Waals surface area contributed by atoms with Gasteiger partial charge in [0.1, 0.15) is 17.4 Å². The third-order valence-electron chi connectivity index (χ3n) is 4.96. The van der Waals surface area contributed by atoms with Gasteiger partial charge in [-0.25, -0.2) is 0 Å². The molecule has 2 N–H and O–H groups in total. The Morgan fingerprint density at radius 2 is 1.80 bits per heavy atom. The Morgan fingerprint density at radius 1 is 1.03 bits per heavy atom. The second-order valence-electron chi connectivity index (χ2n) is 7.14. The minimum atomic E-state index is -0.349. The molecule has 152 valence electrons. The zero-order valence-electron chi connectivity index (χ0n) is 16.2. The van der Waals surface area contributed by atoms with Crippen LogP contribution in [-0.2, 0) is 11.4 Å². The van der Waals surface area contributed by atoms with Gasteiger partial charge in [-0.3, -0.25) is 9.59 Å². The Kier molecular flexibility index (Phi) is 6.00. The summed E-state index contributed by atoms with van der Waals surface area (Å²) in [5.41, 5.74) is 3.12. The molecule has 0 unspecified atom stereocenters. The van der Waals surface area contributed by atoms with Crippen LogP contribution in [0.5, 0.6) is 5.75 Å². The van der Waals surface area contributed by atoms with E-state index in [9.17, 15) is 9.59 Å². The summed E-state index contributed by atoms with van der Waals surface area (Å²) in [4.78, 5) is 26.5. The predicted molar refractivity (Wildman–Crippen MR) is 118 cm³/mol. The fraction of sp³-hybridized carbons (Fsp3) is 0.167. The number of hydrogen-bond acceptors (Lipinski definition) is 3. The molecule has 2 aromatic carbocycles. The van der Waals surface area contributed by atoms with Crippen molar-refractivity contribution in [2.24, 2.45) is 0 Å². The number of rotatable bonds is 6. The molecule has 1 aliphatic rings. The number of benzene rings is 2. The van der Waals surface area contributed by atoms with E-state index in [2.05, 4.69) is 10.3 Å². The molecule has 3 aromatic rings. The van der Waals surface area contributed by atoms with E-state index in [1.807, 2.05) is 60.7 Å². The van der Waals surface area contributed by atoms with Crippen LogP contribution in [0.15, 0.2) is 77.6 Å². The maximum atomic E-state index is 12.0. The van der Waals surface area contributed by atoms with Crippen LogP contribution in [0.1, 0.15) is 29.7 Å². The van der Waals surface area contributed by atoms with Crippen molar-refractivity contribution in [2.75, 3.05) is 0 Å². The van der Waals surface area contributed by atoms with Crippen molar-refractivity contribution in [3.8, 4) is 5.75 Å². The lowest BCUT2D eigenvalue weighted by atomic mass is 9.99. The van der Waals surface area contributed by atoms with E-state index in [1.54, 1.807) is 12.1 Å². The normalized spacial score (nSPS) is 16.4. The Morgan fingerprint density at radius 3 is 2.47 bits per heavy atom. The van der Waals surface area contributed by atoms with Crippen molar-refractivity contribution in [1.29, 1.82) is 0 Å². The van der Waals surface area contributed by atoms with Gasteiger partial charge in [0.25, 0.3) is 5.56 Å². The molecule has 1 aromatic heterocycles. The molecule has 0 bridgehead atoms. The standard InChI is InChI=1S/C24H21ClN2O3/c25-21-11-12-22(27-24(21)29)20(14-18-8-13-23(28)26-18)17-6-9-19(10-7-17)30-15-16-4-2-1-3-5-16/h1-7,9-12,14,18H,8,13,15H2,(H,26,28)(H,27,29)/b20-14+/t18-/m1/s1. The van der Waals surface area contributed by atoms with Gasteiger partial charge in [-0.15, -0.1) is 0 Å². The Bertz CT molecular complexity index is 1120. The molecule has 4 rings (SSSR count). The number of nitrogens with one attached hydrogen (secondary N) is 2. The molecule has 2 heterocycles. The molecule has 1 amide bonds. The number of ether oxygens (including phenoxy) is 1. The summed E-state index contributed by atoms with van der Waals surface area (Å²) >= 11 is 5.89. The lowest BCUT2D eigenvalue weighted by Gasteiger charge is -2.13. The maximum absolute atomic E-state index is 12.0. The molecule has 6 heteroatoms. The van der Waals surface area contributed by atoms with Crippen LogP contribution < -0.4 is 15.6 Å². The van der Waals surface area contributed by atoms with Crippen molar-refractivity contribution >= 4 is 23.1 Å². The lowest BCUT2D eigenvalue weighted by Crippen LogP contribution is -2.23. The largest absolute Gasteiger partial charge is 0.489 e. The Balaban J connectivity index is 1.60. The van der Waals surface area contributed by atoms with Crippen LogP contribution in [-0.4, -0.2) is 16.9 Å². The monoisotopic (exact) mass is 420 g/mol. The molecule has 1 saturated heterocycles. The van der Waals surface area contributed by atoms with Crippen LogP contribution in [0.3, 0.4) is 0 Å². The zero-order chi connectivity index (χ0) is 20.9. The second kappa shape index (κ2) is 9.01. The summed E-state index contributed by atoms with van der Waals surface area (Å²) < 4.78 is 5.86. The summed E-state index contributed by atoms with van der Waals surface area (Å²) in [5.74, 6) is 0.783.